The van der Waals surface area contributed by atoms with Gasteiger partial charge in [0, 0.05) is 24.1 Å². The predicted molar refractivity (Wildman–Crippen MR) is 87.5 cm³/mol. The average Bonchev–Trinajstić information content (AvgIpc) is 2.66. The summed E-state index contributed by atoms with van der Waals surface area (Å²) in [4.78, 5) is 0. The van der Waals surface area contributed by atoms with Crippen LogP contribution in [-0.4, -0.2) is 6.04 Å². The third kappa shape index (κ3) is 3.36. The Kier molecular flexibility index (Phi) is 3.72. The van der Waals surface area contributed by atoms with Crippen molar-refractivity contribution in [2.24, 2.45) is 10.8 Å². The summed E-state index contributed by atoms with van der Waals surface area (Å²) < 4.78 is 5.96. The second kappa shape index (κ2) is 5.15. The molecule has 0 spiro atoms. The van der Waals surface area contributed by atoms with E-state index in [1.54, 1.807) is 0 Å². The highest BCUT2D eigenvalue weighted by molar-refractivity contribution is 5.29. The largest absolute Gasteiger partial charge is 0.466 e. The fourth-order valence-electron chi connectivity index (χ4n) is 4.46. The molecule has 0 saturated heterocycles. The van der Waals surface area contributed by atoms with Crippen LogP contribution in [0.4, 0.5) is 0 Å². The first-order chi connectivity index (χ1) is 9.74. The number of fused-ring (bicyclic) bond motifs is 1. The lowest BCUT2D eigenvalue weighted by atomic mass is 9.72. The van der Waals surface area contributed by atoms with Gasteiger partial charge in [-0.1, -0.05) is 34.1 Å². The van der Waals surface area contributed by atoms with Crippen LogP contribution in [0.3, 0.4) is 0 Å². The van der Waals surface area contributed by atoms with Gasteiger partial charge in [0.15, 0.2) is 0 Å². The minimum atomic E-state index is 0.332. The Balaban J connectivity index is 1.78. The van der Waals surface area contributed by atoms with Crippen molar-refractivity contribution in [2.45, 2.75) is 85.2 Å². The molecule has 2 atom stereocenters. The molecule has 1 aromatic rings. The van der Waals surface area contributed by atoms with Crippen LogP contribution < -0.4 is 5.32 Å². The number of aryl methyl sites for hydroxylation is 1. The van der Waals surface area contributed by atoms with Crippen molar-refractivity contribution in [2.75, 3.05) is 0 Å². The Hall–Kier alpha value is -0.760. The number of hydrogen-bond acceptors (Lipinski definition) is 2. The fourth-order valence-corrected chi connectivity index (χ4v) is 4.46. The predicted octanol–water partition coefficient (Wildman–Crippen LogP) is 5.16. The van der Waals surface area contributed by atoms with Crippen LogP contribution in [0, 0.1) is 17.8 Å². The molecule has 21 heavy (non-hydrogen) atoms. The summed E-state index contributed by atoms with van der Waals surface area (Å²) in [5.74, 6) is 2.28. The molecule has 2 aliphatic carbocycles. The molecule has 3 rings (SSSR count). The van der Waals surface area contributed by atoms with Crippen molar-refractivity contribution >= 4 is 0 Å². The quantitative estimate of drug-likeness (QED) is 0.813. The fraction of sp³-hybridized carbons (Fsp3) is 0.789. The molecule has 2 heteroatoms. The standard InChI is InChI=1S/C19H31NO/c1-13-9-15-16(11-19(4,5)12-17(15)21-13)20-14-7-6-8-18(2,3)10-14/h9,14,16,20H,6-8,10-12H2,1-5H3. The third-order valence-corrected chi connectivity index (χ3v) is 5.38. The monoisotopic (exact) mass is 289 g/mol. The second-order valence-electron chi connectivity index (χ2n) is 8.96. The molecule has 0 radical (unpaired) electrons. The molecule has 1 fully saturated rings. The zero-order valence-electron chi connectivity index (χ0n) is 14.4. The van der Waals surface area contributed by atoms with E-state index in [2.05, 4.69) is 46.0 Å². The molecule has 1 saturated carbocycles. The Bertz CT molecular complexity index is 512. The second-order valence-corrected chi connectivity index (χ2v) is 8.96. The molecule has 0 amide bonds. The smallest absolute Gasteiger partial charge is 0.109 e. The van der Waals surface area contributed by atoms with Crippen molar-refractivity contribution in [1.29, 1.82) is 0 Å². The molecule has 1 N–H and O–H groups in total. The Labute approximate surface area is 129 Å². The van der Waals surface area contributed by atoms with Gasteiger partial charge in [-0.3, -0.25) is 0 Å². The van der Waals surface area contributed by atoms with Crippen molar-refractivity contribution in [1.82, 2.24) is 5.32 Å². The number of furan rings is 1. The minimum absolute atomic E-state index is 0.332. The molecule has 0 aliphatic heterocycles. The van der Waals surface area contributed by atoms with Crippen LogP contribution in [0.2, 0.25) is 0 Å². The minimum Gasteiger partial charge on any atom is -0.466 e. The van der Waals surface area contributed by atoms with E-state index in [1.165, 1.54) is 43.4 Å². The Morgan fingerprint density at radius 3 is 2.62 bits per heavy atom. The van der Waals surface area contributed by atoms with Gasteiger partial charge in [-0.05, 0) is 49.5 Å². The molecule has 0 aromatic carbocycles. The van der Waals surface area contributed by atoms with E-state index in [9.17, 15) is 0 Å². The highest BCUT2D eigenvalue weighted by atomic mass is 16.3. The molecule has 1 aromatic heterocycles. The van der Waals surface area contributed by atoms with Crippen molar-refractivity contribution in [3.8, 4) is 0 Å². The number of hydrogen-bond donors (Lipinski definition) is 1. The van der Waals surface area contributed by atoms with Crippen LogP contribution in [0.15, 0.2) is 10.5 Å². The molecule has 1 heterocycles. The van der Waals surface area contributed by atoms with E-state index in [-0.39, 0.29) is 0 Å². The zero-order chi connectivity index (χ0) is 15.3. The topological polar surface area (TPSA) is 25.2 Å². The van der Waals surface area contributed by atoms with Crippen LogP contribution in [0.25, 0.3) is 0 Å². The summed E-state index contributed by atoms with van der Waals surface area (Å²) in [6, 6.07) is 3.40. The van der Waals surface area contributed by atoms with Gasteiger partial charge in [-0.15, -0.1) is 0 Å². The molecule has 2 nitrogen and oxygen atoms in total. The van der Waals surface area contributed by atoms with E-state index >= 15 is 0 Å². The summed E-state index contributed by atoms with van der Waals surface area (Å²) in [6.45, 7) is 11.6. The maximum atomic E-state index is 5.96. The van der Waals surface area contributed by atoms with E-state index in [0.717, 1.165) is 12.2 Å². The Morgan fingerprint density at radius 1 is 1.14 bits per heavy atom. The average molecular weight is 289 g/mol. The first-order valence-corrected chi connectivity index (χ1v) is 8.59. The Morgan fingerprint density at radius 2 is 1.90 bits per heavy atom. The van der Waals surface area contributed by atoms with Crippen molar-refractivity contribution in [3.05, 3.63) is 23.2 Å². The van der Waals surface area contributed by atoms with Crippen LogP contribution >= 0.6 is 0 Å². The van der Waals surface area contributed by atoms with Gasteiger partial charge in [0.1, 0.15) is 11.5 Å². The van der Waals surface area contributed by atoms with Crippen molar-refractivity contribution in [3.63, 3.8) is 0 Å². The lowest BCUT2D eigenvalue weighted by molar-refractivity contribution is 0.165. The van der Waals surface area contributed by atoms with E-state index in [1.807, 2.05) is 0 Å². The highest BCUT2D eigenvalue weighted by Crippen LogP contribution is 2.43. The van der Waals surface area contributed by atoms with E-state index in [4.69, 9.17) is 4.42 Å². The van der Waals surface area contributed by atoms with Gasteiger partial charge in [-0.2, -0.15) is 0 Å². The summed E-state index contributed by atoms with van der Waals surface area (Å²) in [5.41, 5.74) is 2.25. The molecular weight excluding hydrogens is 258 g/mol. The maximum Gasteiger partial charge on any atom is 0.109 e. The first-order valence-electron chi connectivity index (χ1n) is 8.59. The highest BCUT2D eigenvalue weighted by Gasteiger charge is 2.37. The third-order valence-electron chi connectivity index (χ3n) is 5.38. The molecular formula is C19H31NO. The number of rotatable bonds is 2. The zero-order valence-corrected chi connectivity index (χ0v) is 14.4. The summed E-state index contributed by atoms with van der Waals surface area (Å²) in [6.07, 6.45) is 7.65. The summed E-state index contributed by atoms with van der Waals surface area (Å²) in [5, 5.41) is 3.98. The lowest BCUT2D eigenvalue weighted by Crippen LogP contribution is -2.42. The van der Waals surface area contributed by atoms with Gasteiger partial charge < -0.3 is 9.73 Å². The van der Waals surface area contributed by atoms with Gasteiger partial charge in [0.05, 0.1) is 0 Å². The van der Waals surface area contributed by atoms with E-state index in [0.29, 0.717) is 22.9 Å². The molecule has 2 aliphatic rings. The van der Waals surface area contributed by atoms with Gasteiger partial charge in [0.2, 0.25) is 0 Å². The molecule has 0 bridgehead atoms. The van der Waals surface area contributed by atoms with Crippen LogP contribution in [0.1, 0.15) is 82.9 Å². The van der Waals surface area contributed by atoms with Crippen LogP contribution in [0.5, 0.6) is 0 Å². The maximum absolute atomic E-state index is 5.96. The van der Waals surface area contributed by atoms with E-state index < -0.39 is 0 Å². The SMILES string of the molecule is Cc1cc2c(o1)CC(C)(C)CC2NC1CCCC(C)(C)C1. The first kappa shape index (κ1) is 15.1. The van der Waals surface area contributed by atoms with Crippen LogP contribution in [-0.2, 0) is 6.42 Å². The van der Waals surface area contributed by atoms with Gasteiger partial charge >= 0.3 is 0 Å². The molecule has 2 unspecified atom stereocenters. The molecule has 118 valence electrons. The number of nitrogens with one attached hydrogen (secondary N) is 1. The summed E-state index contributed by atoms with van der Waals surface area (Å²) in [7, 11) is 0. The summed E-state index contributed by atoms with van der Waals surface area (Å²) >= 11 is 0. The normalized spacial score (nSPS) is 30.9. The van der Waals surface area contributed by atoms with Gasteiger partial charge in [0.25, 0.3) is 0 Å². The lowest BCUT2D eigenvalue weighted by Gasteiger charge is -2.41. The van der Waals surface area contributed by atoms with Crippen molar-refractivity contribution < 1.29 is 4.42 Å². The van der Waals surface area contributed by atoms with Gasteiger partial charge in [-0.25, -0.2) is 0 Å².